The minimum Gasteiger partial charge on any atom is -0.496 e. The lowest BCUT2D eigenvalue weighted by Gasteiger charge is -2.17. The zero-order chi connectivity index (χ0) is 18.5. The van der Waals surface area contributed by atoms with Crippen molar-refractivity contribution in [1.29, 1.82) is 0 Å². The Bertz CT molecular complexity index is 1040. The molecular formula is C19H20N3OP3. The van der Waals surface area contributed by atoms with Gasteiger partial charge in [-0.1, -0.05) is 18.1 Å². The number of imidazole rings is 1. The molecule has 3 atom stereocenters. The summed E-state index contributed by atoms with van der Waals surface area (Å²) in [5.41, 5.74) is 3.80. The second kappa shape index (κ2) is 6.28. The van der Waals surface area contributed by atoms with E-state index in [1.807, 2.05) is 16.8 Å². The standard InChI is InChI=1S/C19H20N3OP3/c1-3-18(6-7-18)13-4-5-14(15(8-13)23-2)12-9-20-16-10-21-17(19(24,25)26)22(16)11-12/h1,4-5,8-11H,6-7,24-26H2,2H3. The van der Waals surface area contributed by atoms with Gasteiger partial charge in [-0.15, -0.1) is 34.1 Å². The van der Waals surface area contributed by atoms with Crippen LogP contribution in [0.2, 0.25) is 0 Å². The summed E-state index contributed by atoms with van der Waals surface area (Å²) < 4.78 is 7.35. The fourth-order valence-electron chi connectivity index (χ4n) is 3.21. The first-order valence-electron chi connectivity index (χ1n) is 8.25. The minimum absolute atomic E-state index is 0.108. The van der Waals surface area contributed by atoms with Gasteiger partial charge in [-0.25, -0.2) is 9.97 Å². The van der Waals surface area contributed by atoms with Crippen LogP contribution >= 0.6 is 27.7 Å². The monoisotopic (exact) mass is 399 g/mol. The molecule has 0 spiro atoms. The van der Waals surface area contributed by atoms with Crippen LogP contribution in [0.5, 0.6) is 5.75 Å². The molecule has 1 aromatic carbocycles. The molecule has 2 heterocycles. The summed E-state index contributed by atoms with van der Waals surface area (Å²) in [4.78, 5) is 9.05. The van der Waals surface area contributed by atoms with E-state index in [1.54, 1.807) is 13.3 Å². The molecule has 1 aliphatic rings. The molecule has 132 valence electrons. The third-order valence-electron chi connectivity index (χ3n) is 4.86. The molecule has 7 heteroatoms. The van der Waals surface area contributed by atoms with E-state index >= 15 is 0 Å². The van der Waals surface area contributed by atoms with E-state index in [-0.39, 0.29) is 10.1 Å². The van der Waals surface area contributed by atoms with E-state index in [0.29, 0.717) is 0 Å². The molecule has 3 aromatic rings. The summed E-state index contributed by atoms with van der Waals surface area (Å²) in [6, 6.07) is 6.24. The molecule has 0 amide bonds. The molecule has 4 nitrogen and oxygen atoms in total. The van der Waals surface area contributed by atoms with Crippen LogP contribution in [0.3, 0.4) is 0 Å². The molecule has 26 heavy (non-hydrogen) atoms. The molecule has 1 fully saturated rings. The van der Waals surface area contributed by atoms with Crippen LogP contribution in [0.15, 0.2) is 36.8 Å². The predicted molar refractivity (Wildman–Crippen MR) is 116 cm³/mol. The number of terminal acetylenes is 1. The predicted octanol–water partition coefficient (Wildman–Crippen LogP) is 3.81. The van der Waals surface area contributed by atoms with Gasteiger partial charge < -0.3 is 4.74 Å². The lowest BCUT2D eigenvalue weighted by atomic mass is 9.94. The first-order chi connectivity index (χ1) is 12.4. The first kappa shape index (κ1) is 17.9. The van der Waals surface area contributed by atoms with Gasteiger partial charge in [0.2, 0.25) is 0 Å². The molecule has 3 unspecified atom stereocenters. The van der Waals surface area contributed by atoms with E-state index in [1.165, 1.54) is 0 Å². The zero-order valence-corrected chi connectivity index (χ0v) is 17.9. The number of nitrogens with zero attached hydrogens (tertiary/aromatic N) is 3. The van der Waals surface area contributed by atoms with E-state index in [2.05, 4.69) is 61.8 Å². The largest absolute Gasteiger partial charge is 0.496 e. The van der Waals surface area contributed by atoms with E-state index < -0.39 is 0 Å². The normalized spacial score (nSPS) is 15.7. The molecule has 2 aromatic heterocycles. The van der Waals surface area contributed by atoms with E-state index in [0.717, 1.165) is 46.8 Å². The van der Waals surface area contributed by atoms with Crippen molar-refractivity contribution in [2.45, 2.75) is 22.9 Å². The van der Waals surface area contributed by atoms with Crippen LogP contribution in [0, 0.1) is 12.3 Å². The number of hydrogen-bond donors (Lipinski definition) is 0. The second-order valence-electron chi connectivity index (χ2n) is 6.73. The van der Waals surface area contributed by atoms with Crippen LogP contribution in [0.1, 0.15) is 24.2 Å². The highest BCUT2D eigenvalue weighted by molar-refractivity contribution is 7.56. The number of fused-ring (bicyclic) bond motifs is 1. The fraction of sp³-hybridized carbons (Fsp3) is 0.263. The van der Waals surface area contributed by atoms with Crippen LogP contribution in [-0.2, 0) is 10.1 Å². The molecule has 0 bridgehead atoms. The molecule has 0 radical (unpaired) electrons. The van der Waals surface area contributed by atoms with Crippen molar-refractivity contribution in [3.05, 3.63) is 48.2 Å². The van der Waals surface area contributed by atoms with Crippen molar-refractivity contribution in [3.8, 4) is 29.2 Å². The summed E-state index contributed by atoms with van der Waals surface area (Å²) in [6.45, 7) is 0. The molecule has 1 saturated carbocycles. The van der Waals surface area contributed by atoms with Crippen LogP contribution in [-0.4, -0.2) is 21.5 Å². The zero-order valence-electron chi connectivity index (χ0n) is 14.4. The van der Waals surface area contributed by atoms with Crippen molar-refractivity contribution >= 4 is 33.4 Å². The molecule has 4 rings (SSSR count). The van der Waals surface area contributed by atoms with Crippen LogP contribution in [0.4, 0.5) is 0 Å². The van der Waals surface area contributed by atoms with Gasteiger partial charge in [0.25, 0.3) is 0 Å². The molecule has 0 saturated heterocycles. The molecule has 1 aliphatic carbocycles. The number of rotatable bonds is 4. The highest BCUT2D eigenvalue weighted by atomic mass is 31.1. The van der Waals surface area contributed by atoms with Crippen molar-refractivity contribution in [3.63, 3.8) is 0 Å². The average molecular weight is 399 g/mol. The summed E-state index contributed by atoms with van der Waals surface area (Å²) in [5, 5.41) is 0. The van der Waals surface area contributed by atoms with Gasteiger partial charge in [-0.3, -0.25) is 4.40 Å². The molecule has 0 N–H and O–H groups in total. The number of hydrogen-bond acceptors (Lipinski definition) is 3. The SMILES string of the molecule is C#CC1(c2ccc(-c3cnc4cnc(C(P)(P)P)n4c3)c(OC)c2)CC1. The number of benzene rings is 1. The number of ether oxygens (including phenoxy) is 1. The number of aromatic nitrogens is 3. The Morgan fingerprint density at radius 1 is 1.23 bits per heavy atom. The lowest BCUT2D eigenvalue weighted by molar-refractivity contribution is 0.415. The van der Waals surface area contributed by atoms with Gasteiger partial charge in [0, 0.05) is 23.5 Å². The fourth-order valence-corrected chi connectivity index (χ4v) is 3.85. The quantitative estimate of drug-likeness (QED) is 0.495. The smallest absolute Gasteiger partial charge is 0.156 e. The highest BCUT2D eigenvalue weighted by Crippen LogP contribution is 2.49. The van der Waals surface area contributed by atoms with Gasteiger partial charge in [0.15, 0.2) is 5.65 Å². The van der Waals surface area contributed by atoms with Crippen molar-refractivity contribution in [1.82, 2.24) is 14.4 Å². The third kappa shape index (κ3) is 2.93. The summed E-state index contributed by atoms with van der Waals surface area (Å²) >= 11 is 0. The Hall–Kier alpha value is -1.51. The number of methoxy groups -OCH3 is 1. The Kier molecular flexibility index (Phi) is 4.32. The lowest BCUT2D eigenvalue weighted by Crippen LogP contribution is -2.06. The van der Waals surface area contributed by atoms with E-state index in [4.69, 9.17) is 11.2 Å². The molecular weight excluding hydrogens is 379 g/mol. The minimum atomic E-state index is -0.314. The van der Waals surface area contributed by atoms with Crippen LogP contribution < -0.4 is 4.74 Å². The average Bonchev–Trinajstić information content (AvgIpc) is 3.31. The maximum absolute atomic E-state index is 5.73. The van der Waals surface area contributed by atoms with E-state index in [9.17, 15) is 0 Å². The van der Waals surface area contributed by atoms with Gasteiger partial charge in [0.05, 0.1) is 23.4 Å². The van der Waals surface area contributed by atoms with Crippen molar-refractivity contribution in [2.24, 2.45) is 0 Å². The Morgan fingerprint density at radius 2 is 2.00 bits per heavy atom. The Labute approximate surface area is 160 Å². The summed E-state index contributed by atoms with van der Waals surface area (Å²) in [5.74, 6) is 4.62. The molecule has 0 aliphatic heterocycles. The summed E-state index contributed by atoms with van der Waals surface area (Å²) in [6.07, 6.45) is 13.5. The van der Waals surface area contributed by atoms with Crippen molar-refractivity contribution in [2.75, 3.05) is 7.11 Å². The van der Waals surface area contributed by atoms with Gasteiger partial charge in [-0.05, 0) is 24.5 Å². The Balaban J connectivity index is 1.84. The second-order valence-corrected chi connectivity index (χ2v) is 11.6. The van der Waals surface area contributed by atoms with Gasteiger partial charge >= 0.3 is 0 Å². The first-order valence-corrected chi connectivity index (χ1v) is 9.98. The highest BCUT2D eigenvalue weighted by Gasteiger charge is 2.42. The topological polar surface area (TPSA) is 39.4 Å². The maximum Gasteiger partial charge on any atom is 0.156 e. The van der Waals surface area contributed by atoms with Crippen molar-refractivity contribution < 1.29 is 4.74 Å². The van der Waals surface area contributed by atoms with Gasteiger partial charge in [0.1, 0.15) is 11.6 Å². The summed E-state index contributed by atoms with van der Waals surface area (Å²) in [7, 11) is 9.97. The Morgan fingerprint density at radius 3 is 2.62 bits per heavy atom. The van der Waals surface area contributed by atoms with Gasteiger partial charge in [-0.2, -0.15) is 0 Å². The maximum atomic E-state index is 5.73. The van der Waals surface area contributed by atoms with Crippen LogP contribution in [0.25, 0.3) is 16.8 Å². The third-order valence-corrected chi connectivity index (χ3v) is 5.63.